The lowest BCUT2D eigenvalue weighted by Crippen LogP contribution is -2.19. The fraction of sp³-hybridized carbons (Fsp3) is 0.115. The highest BCUT2D eigenvalue weighted by Gasteiger charge is 2.30. The fourth-order valence-electron chi connectivity index (χ4n) is 3.31. The van der Waals surface area contributed by atoms with Crippen molar-refractivity contribution in [3.63, 3.8) is 0 Å². The van der Waals surface area contributed by atoms with E-state index in [1.165, 1.54) is 12.1 Å². The predicted molar refractivity (Wildman–Crippen MR) is 139 cm³/mol. The summed E-state index contributed by atoms with van der Waals surface area (Å²) in [5.41, 5.74) is 3.08. The molecule has 12 heteroatoms. The van der Waals surface area contributed by atoms with Gasteiger partial charge in [-0.2, -0.15) is 4.98 Å². The Morgan fingerprint density at radius 2 is 1.24 bits per heavy atom. The van der Waals surface area contributed by atoms with Gasteiger partial charge in [0.15, 0.2) is 0 Å². The van der Waals surface area contributed by atoms with Gasteiger partial charge in [0.2, 0.25) is 5.95 Å². The average Bonchev–Trinajstić information content (AvgIpc) is 2.86. The van der Waals surface area contributed by atoms with E-state index < -0.39 is 12.4 Å². The third-order valence-electron chi connectivity index (χ3n) is 4.96. The fourth-order valence-corrected chi connectivity index (χ4v) is 3.31. The average molecular weight is 525 g/mol. The zero-order valence-corrected chi connectivity index (χ0v) is 20.3. The molecule has 0 spiro atoms. The summed E-state index contributed by atoms with van der Waals surface area (Å²) in [6.07, 6.45) is -4.78. The number of nitrogens with one attached hydrogen (secondary N) is 4. The van der Waals surface area contributed by atoms with E-state index in [9.17, 15) is 18.0 Å². The van der Waals surface area contributed by atoms with Crippen molar-refractivity contribution in [2.45, 2.75) is 13.3 Å². The second kappa shape index (κ2) is 11.4. The van der Waals surface area contributed by atoms with Crippen molar-refractivity contribution in [1.29, 1.82) is 0 Å². The molecule has 0 aliphatic heterocycles. The van der Waals surface area contributed by atoms with E-state index in [0.717, 1.165) is 29.3 Å². The van der Waals surface area contributed by atoms with E-state index in [4.69, 9.17) is 4.74 Å². The Labute approximate surface area is 216 Å². The van der Waals surface area contributed by atoms with Crippen LogP contribution in [0, 0.1) is 6.92 Å². The molecule has 0 radical (unpaired) electrons. The van der Waals surface area contributed by atoms with Gasteiger partial charge < -0.3 is 30.7 Å². The molecule has 1 heterocycles. The molecule has 0 unspecified atom stereocenters. The highest BCUT2D eigenvalue weighted by Crippen LogP contribution is 2.25. The molecule has 9 nitrogen and oxygen atoms in total. The molecule has 4 rings (SSSR count). The third-order valence-corrected chi connectivity index (χ3v) is 4.96. The second-order valence-electron chi connectivity index (χ2n) is 7.93. The maximum atomic E-state index is 12.3. The van der Waals surface area contributed by atoms with E-state index in [1.807, 2.05) is 37.3 Å². The van der Waals surface area contributed by atoms with Gasteiger partial charge in [-0.15, -0.1) is 13.2 Å². The van der Waals surface area contributed by atoms with Gasteiger partial charge in [-0.3, -0.25) is 0 Å². The Bertz CT molecular complexity index is 1380. The van der Waals surface area contributed by atoms with Gasteiger partial charge in [0.25, 0.3) is 0 Å². The van der Waals surface area contributed by atoms with Gasteiger partial charge in [-0.05, 0) is 79.7 Å². The van der Waals surface area contributed by atoms with Crippen molar-refractivity contribution < 1.29 is 27.4 Å². The number of urea groups is 1. The number of aryl methyl sites for hydroxylation is 1. The third kappa shape index (κ3) is 7.75. The summed E-state index contributed by atoms with van der Waals surface area (Å²) in [6.45, 7) is 1.86. The van der Waals surface area contributed by atoms with E-state index >= 15 is 0 Å². The molecule has 0 bridgehead atoms. The Morgan fingerprint density at radius 1 is 0.737 bits per heavy atom. The quantitative estimate of drug-likeness (QED) is 0.200. The van der Waals surface area contributed by atoms with E-state index in [2.05, 4.69) is 36.0 Å². The molecule has 3 aromatic carbocycles. The molecule has 0 saturated carbocycles. The number of alkyl halides is 3. The first-order valence-corrected chi connectivity index (χ1v) is 11.2. The van der Waals surface area contributed by atoms with Crippen LogP contribution in [0.3, 0.4) is 0 Å². The largest absolute Gasteiger partial charge is 0.573 e. The molecular formula is C26H23F3N6O3. The topological polar surface area (TPSA) is 109 Å². The van der Waals surface area contributed by atoms with Crippen molar-refractivity contribution >= 4 is 40.5 Å². The molecule has 0 atom stereocenters. The lowest BCUT2D eigenvalue weighted by Gasteiger charge is -2.12. The molecule has 38 heavy (non-hydrogen) atoms. The normalized spacial score (nSPS) is 10.9. The van der Waals surface area contributed by atoms with E-state index in [-0.39, 0.29) is 5.75 Å². The molecule has 0 aliphatic rings. The minimum atomic E-state index is -4.78. The van der Waals surface area contributed by atoms with Crippen molar-refractivity contribution in [3.05, 3.63) is 84.6 Å². The minimum absolute atomic E-state index is 0.297. The summed E-state index contributed by atoms with van der Waals surface area (Å²) in [4.78, 5) is 21.2. The lowest BCUT2D eigenvalue weighted by atomic mass is 10.3. The van der Waals surface area contributed by atoms with Crippen LogP contribution in [0.25, 0.3) is 0 Å². The molecular weight excluding hydrogens is 501 g/mol. The van der Waals surface area contributed by atoms with Crippen LogP contribution in [0.5, 0.6) is 11.5 Å². The number of carbonyl (C=O) groups is 1. The van der Waals surface area contributed by atoms with Gasteiger partial charge in [0, 0.05) is 34.5 Å². The number of methoxy groups -OCH3 is 1. The van der Waals surface area contributed by atoms with Crippen LogP contribution < -0.4 is 30.7 Å². The number of benzene rings is 3. The standard InChI is InChI=1S/C26H23F3N6O3/c1-16-15-23(31-17-7-11-21(37-2)12-8-17)35-24(30-16)32-18-3-5-19(6-4-18)33-25(36)34-20-9-13-22(14-10-20)38-26(27,28)29/h3-15H,1-2H3,(H2,33,34,36)(H2,30,31,32,35). The van der Waals surface area contributed by atoms with Gasteiger partial charge >= 0.3 is 12.4 Å². The van der Waals surface area contributed by atoms with Gasteiger partial charge in [-0.25, -0.2) is 9.78 Å². The van der Waals surface area contributed by atoms with Crippen LogP contribution in [0.2, 0.25) is 0 Å². The molecule has 0 saturated heterocycles. The summed E-state index contributed by atoms with van der Waals surface area (Å²) in [5.74, 6) is 1.36. The zero-order valence-electron chi connectivity index (χ0n) is 20.3. The number of hydrogen-bond donors (Lipinski definition) is 4. The molecule has 4 N–H and O–H groups in total. The number of amides is 2. The number of carbonyl (C=O) groups excluding carboxylic acids is 1. The first-order valence-electron chi connectivity index (χ1n) is 11.2. The summed E-state index contributed by atoms with van der Waals surface area (Å²) in [7, 11) is 1.61. The summed E-state index contributed by atoms with van der Waals surface area (Å²) in [5, 5.41) is 11.5. The van der Waals surface area contributed by atoms with E-state index in [1.54, 1.807) is 31.4 Å². The number of aromatic nitrogens is 2. The maximum Gasteiger partial charge on any atom is 0.573 e. The molecule has 2 amide bonds. The molecule has 196 valence electrons. The number of rotatable bonds is 8. The molecule has 1 aromatic heterocycles. The summed E-state index contributed by atoms with van der Waals surface area (Å²) in [6, 6.07) is 20.3. The van der Waals surface area contributed by atoms with Crippen molar-refractivity contribution in [2.24, 2.45) is 0 Å². The zero-order chi connectivity index (χ0) is 27.1. The van der Waals surface area contributed by atoms with Crippen molar-refractivity contribution in [3.8, 4) is 11.5 Å². The Hall–Kier alpha value is -5.00. The second-order valence-corrected chi connectivity index (χ2v) is 7.93. The number of ether oxygens (including phenoxy) is 2. The number of halogens is 3. The molecule has 0 fully saturated rings. The van der Waals surface area contributed by atoms with Gasteiger partial charge in [0.05, 0.1) is 7.11 Å². The monoisotopic (exact) mass is 524 g/mol. The number of nitrogens with zero attached hydrogens (tertiary/aromatic N) is 2. The van der Waals surface area contributed by atoms with Crippen LogP contribution in [-0.4, -0.2) is 29.5 Å². The molecule has 0 aliphatic carbocycles. The first-order chi connectivity index (χ1) is 18.1. The number of anilines is 6. The first kappa shape index (κ1) is 26.1. The van der Waals surface area contributed by atoms with Crippen LogP contribution in [0.15, 0.2) is 78.9 Å². The van der Waals surface area contributed by atoms with Crippen molar-refractivity contribution in [2.75, 3.05) is 28.4 Å². The van der Waals surface area contributed by atoms with Crippen molar-refractivity contribution in [1.82, 2.24) is 9.97 Å². The lowest BCUT2D eigenvalue weighted by molar-refractivity contribution is -0.274. The summed E-state index contributed by atoms with van der Waals surface area (Å²) < 4.78 is 45.8. The maximum absolute atomic E-state index is 12.3. The van der Waals surface area contributed by atoms with Crippen LogP contribution >= 0.6 is 0 Å². The van der Waals surface area contributed by atoms with Crippen LogP contribution in [-0.2, 0) is 0 Å². The van der Waals surface area contributed by atoms with Crippen LogP contribution in [0.4, 0.5) is 52.5 Å². The Kier molecular flexibility index (Phi) is 7.80. The highest BCUT2D eigenvalue weighted by atomic mass is 19.4. The Morgan fingerprint density at radius 3 is 1.82 bits per heavy atom. The smallest absolute Gasteiger partial charge is 0.497 e. The number of hydrogen-bond acceptors (Lipinski definition) is 7. The predicted octanol–water partition coefficient (Wildman–Crippen LogP) is 6.82. The van der Waals surface area contributed by atoms with E-state index in [0.29, 0.717) is 28.8 Å². The van der Waals surface area contributed by atoms with Gasteiger partial charge in [0.1, 0.15) is 17.3 Å². The van der Waals surface area contributed by atoms with Gasteiger partial charge in [-0.1, -0.05) is 0 Å². The SMILES string of the molecule is COc1ccc(Nc2cc(C)nc(Nc3ccc(NC(=O)Nc4ccc(OC(F)(F)F)cc4)cc3)n2)cc1. The molecule has 4 aromatic rings. The van der Waals surface area contributed by atoms with Crippen LogP contribution in [0.1, 0.15) is 5.69 Å². The highest BCUT2D eigenvalue weighted by molar-refractivity contribution is 5.99. The Balaban J connectivity index is 1.33. The minimum Gasteiger partial charge on any atom is -0.497 e. The summed E-state index contributed by atoms with van der Waals surface area (Å²) >= 11 is 0.